The van der Waals surface area contributed by atoms with Crippen molar-refractivity contribution < 1.29 is 27.8 Å². The topological polar surface area (TPSA) is 62.1 Å². The molecule has 1 amide bonds. The van der Waals surface area contributed by atoms with E-state index in [1.54, 1.807) is 12.1 Å². The molecule has 1 saturated carbocycles. The zero-order valence-electron chi connectivity index (χ0n) is 20.3. The van der Waals surface area contributed by atoms with Gasteiger partial charge in [0.2, 0.25) is 0 Å². The third-order valence-corrected chi connectivity index (χ3v) is 7.46. The van der Waals surface area contributed by atoms with E-state index in [1.165, 1.54) is 0 Å². The number of benzene rings is 1. The van der Waals surface area contributed by atoms with Crippen molar-refractivity contribution in [2.24, 2.45) is 22.4 Å². The number of carbonyl (C=O) groups is 1. The van der Waals surface area contributed by atoms with E-state index in [-0.39, 0.29) is 33.9 Å². The van der Waals surface area contributed by atoms with Crippen LogP contribution in [0.2, 0.25) is 0 Å². The van der Waals surface area contributed by atoms with Crippen LogP contribution in [-0.2, 0) is 10.2 Å². The maximum absolute atomic E-state index is 14.2. The summed E-state index contributed by atoms with van der Waals surface area (Å²) in [5.41, 5.74) is -2.30. The summed E-state index contributed by atoms with van der Waals surface area (Å²) in [6.07, 6.45) is -3.09. The van der Waals surface area contributed by atoms with E-state index in [4.69, 9.17) is 4.74 Å². The first-order valence-electron chi connectivity index (χ1n) is 11.5. The van der Waals surface area contributed by atoms with Crippen molar-refractivity contribution in [3.05, 3.63) is 29.8 Å². The van der Waals surface area contributed by atoms with Gasteiger partial charge >= 0.3 is 6.18 Å². The molecule has 1 aromatic carbocycles. The molecule has 33 heavy (non-hydrogen) atoms. The van der Waals surface area contributed by atoms with Gasteiger partial charge in [-0.25, -0.2) is 0 Å². The van der Waals surface area contributed by atoms with Gasteiger partial charge in [-0.2, -0.15) is 23.3 Å². The highest BCUT2D eigenvalue weighted by Gasteiger charge is 2.69. The largest absolute Gasteiger partial charge is 0.484 e. The first-order chi connectivity index (χ1) is 15.1. The van der Waals surface area contributed by atoms with Crippen LogP contribution in [-0.4, -0.2) is 40.2 Å². The second-order valence-electron chi connectivity index (χ2n) is 10.9. The Morgan fingerprint density at radius 2 is 1.79 bits per heavy atom. The molecule has 5 nitrogen and oxygen atoms in total. The molecule has 1 fully saturated rings. The van der Waals surface area contributed by atoms with Gasteiger partial charge in [0.05, 0.1) is 5.92 Å². The molecule has 1 heterocycles. The summed E-state index contributed by atoms with van der Waals surface area (Å²) in [5.74, 6) is -1.94. The molecule has 0 unspecified atom stereocenters. The van der Waals surface area contributed by atoms with Crippen molar-refractivity contribution in [2.45, 2.75) is 84.5 Å². The van der Waals surface area contributed by atoms with E-state index in [0.29, 0.717) is 18.6 Å². The van der Waals surface area contributed by atoms with Gasteiger partial charge in [0.1, 0.15) is 5.75 Å². The van der Waals surface area contributed by atoms with Crippen LogP contribution < -0.4 is 4.74 Å². The van der Waals surface area contributed by atoms with Crippen LogP contribution in [0.25, 0.3) is 0 Å². The van der Waals surface area contributed by atoms with Crippen LogP contribution in [0.3, 0.4) is 0 Å². The Hall–Kier alpha value is -2.09. The molecule has 0 aromatic heterocycles. The van der Waals surface area contributed by atoms with Crippen molar-refractivity contribution in [1.82, 2.24) is 5.01 Å². The Kier molecular flexibility index (Phi) is 6.65. The summed E-state index contributed by atoms with van der Waals surface area (Å²) in [6.45, 7) is 11.6. The van der Waals surface area contributed by atoms with Gasteiger partial charge in [0.25, 0.3) is 11.6 Å². The Balaban J connectivity index is 1.79. The van der Waals surface area contributed by atoms with E-state index < -0.39 is 30.3 Å². The number of halogens is 3. The van der Waals surface area contributed by atoms with Crippen molar-refractivity contribution in [1.29, 1.82) is 0 Å². The predicted molar refractivity (Wildman–Crippen MR) is 121 cm³/mol. The number of ether oxygens (including phenoxy) is 1. The molecule has 1 aliphatic heterocycles. The number of nitrogens with zero attached hydrogens (tertiary/aromatic N) is 2. The summed E-state index contributed by atoms with van der Waals surface area (Å²) >= 11 is 0. The molecule has 1 aliphatic carbocycles. The van der Waals surface area contributed by atoms with Crippen LogP contribution in [0, 0.1) is 17.3 Å². The number of rotatable bonds is 5. The SMILES string of the molecule is CCC(C)(C)[C@@H]1CCC2=NN(C(=O)COc3ccc(C(C)(C)C)cc3)[C@](O)(C(F)(F)F)[C@H]2C1. The lowest BCUT2D eigenvalue weighted by atomic mass is 9.64. The average molecular weight is 469 g/mol. The third kappa shape index (κ3) is 4.77. The highest BCUT2D eigenvalue weighted by atomic mass is 19.4. The molecule has 184 valence electrons. The standard InChI is InChI=1S/C25H35F3N2O3/c1-7-23(5,6)17-10-13-20-19(14-17)24(32,25(26,27)28)30(29-20)21(31)15-33-18-11-8-16(9-12-18)22(2,3)4/h8-9,11-12,17,19,32H,7,10,13-15H2,1-6H3/t17-,19+,24-/m1/s1. The summed E-state index contributed by atoms with van der Waals surface area (Å²) in [4.78, 5) is 12.8. The number of carbonyl (C=O) groups excluding carboxylic acids is 1. The number of hydrogen-bond donors (Lipinski definition) is 1. The number of hydrazone groups is 1. The summed E-state index contributed by atoms with van der Waals surface area (Å²) in [6, 6.07) is 7.06. The Labute approximate surface area is 194 Å². The lowest BCUT2D eigenvalue weighted by Crippen LogP contribution is -2.62. The lowest BCUT2D eigenvalue weighted by Gasteiger charge is -2.43. The molecule has 0 spiro atoms. The van der Waals surface area contributed by atoms with Crippen molar-refractivity contribution in [2.75, 3.05) is 6.61 Å². The molecule has 2 aliphatic rings. The normalized spacial score (nSPS) is 26.1. The predicted octanol–water partition coefficient (Wildman–Crippen LogP) is 5.66. The lowest BCUT2D eigenvalue weighted by molar-refractivity contribution is -0.318. The fourth-order valence-corrected chi connectivity index (χ4v) is 4.72. The fourth-order valence-electron chi connectivity index (χ4n) is 4.72. The molecular formula is C25H35F3N2O3. The summed E-state index contributed by atoms with van der Waals surface area (Å²) in [7, 11) is 0. The van der Waals surface area contributed by atoms with Crippen LogP contribution in [0.4, 0.5) is 13.2 Å². The van der Waals surface area contributed by atoms with E-state index in [9.17, 15) is 23.1 Å². The van der Waals surface area contributed by atoms with Crippen molar-refractivity contribution in [3.8, 4) is 5.75 Å². The first kappa shape index (κ1) is 25.5. The minimum Gasteiger partial charge on any atom is -0.484 e. The molecular weight excluding hydrogens is 433 g/mol. The van der Waals surface area contributed by atoms with Gasteiger partial charge < -0.3 is 9.84 Å². The number of aliphatic hydroxyl groups is 1. The summed E-state index contributed by atoms with van der Waals surface area (Å²) in [5, 5.41) is 15.1. The smallest absolute Gasteiger partial charge is 0.439 e. The van der Waals surface area contributed by atoms with Crippen LogP contribution in [0.1, 0.15) is 72.8 Å². The first-order valence-corrected chi connectivity index (χ1v) is 11.5. The van der Waals surface area contributed by atoms with Gasteiger partial charge in [0.15, 0.2) is 6.61 Å². The van der Waals surface area contributed by atoms with Crippen LogP contribution >= 0.6 is 0 Å². The molecule has 0 saturated heterocycles. The zero-order valence-corrected chi connectivity index (χ0v) is 20.3. The molecule has 3 rings (SSSR count). The van der Waals surface area contributed by atoms with Gasteiger partial charge in [-0.3, -0.25) is 4.79 Å². The van der Waals surface area contributed by atoms with E-state index in [0.717, 1.165) is 12.0 Å². The second-order valence-corrected chi connectivity index (χ2v) is 10.9. The number of fused-ring (bicyclic) bond motifs is 1. The maximum atomic E-state index is 14.2. The van der Waals surface area contributed by atoms with Crippen LogP contribution in [0.15, 0.2) is 29.4 Å². The molecule has 0 bridgehead atoms. The quantitative estimate of drug-likeness (QED) is 0.606. The Morgan fingerprint density at radius 1 is 1.18 bits per heavy atom. The minimum absolute atomic E-state index is 0.00652. The monoisotopic (exact) mass is 468 g/mol. The van der Waals surface area contributed by atoms with Gasteiger partial charge in [-0.05, 0) is 53.7 Å². The fraction of sp³-hybridized carbons (Fsp3) is 0.680. The van der Waals surface area contributed by atoms with Gasteiger partial charge in [0, 0.05) is 5.71 Å². The van der Waals surface area contributed by atoms with E-state index >= 15 is 0 Å². The Morgan fingerprint density at radius 3 is 2.30 bits per heavy atom. The Bertz CT molecular complexity index is 903. The van der Waals surface area contributed by atoms with Crippen molar-refractivity contribution in [3.63, 3.8) is 0 Å². The molecule has 0 radical (unpaired) electrons. The third-order valence-electron chi connectivity index (χ3n) is 7.46. The average Bonchev–Trinajstić information content (AvgIpc) is 3.05. The highest BCUT2D eigenvalue weighted by molar-refractivity contribution is 5.93. The second kappa shape index (κ2) is 8.60. The molecule has 8 heteroatoms. The molecule has 1 aromatic rings. The summed E-state index contributed by atoms with van der Waals surface area (Å²) < 4.78 is 48.0. The van der Waals surface area contributed by atoms with Crippen LogP contribution in [0.5, 0.6) is 5.75 Å². The minimum atomic E-state index is -5.05. The zero-order chi connectivity index (χ0) is 24.8. The molecule has 1 N–H and O–H groups in total. The van der Waals surface area contributed by atoms with E-state index in [1.807, 2.05) is 32.9 Å². The van der Waals surface area contributed by atoms with E-state index in [2.05, 4.69) is 25.9 Å². The van der Waals surface area contributed by atoms with Gasteiger partial charge in [-0.1, -0.05) is 60.1 Å². The number of hydrogen-bond acceptors (Lipinski definition) is 4. The number of amides is 1. The van der Waals surface area contributed by atoms with Gasteiger partial charge in [-0.15, -0.1) is 0 Å². The highest BCUT2D eigenvalue weighted by Crippen LogP contribution is 2.52. The maximum Gasteiger partial charge on any atom is 0.439 e. The number of alkyl halides is 3. The molecule has 3 atom stereocenters. The van der Waals surface area contributed by atoms with Crippen molar-refractivity contribution >= 4 is 11.6 Å².